The van der Waals surface area contributed by atoms with Gasteiger partial charge in [0.1, 0.15) is 0 Å². The van der Waals surface area contributed by atoms with E-state index in [1.165, 1.54) is 16.7 Å². The monoisotopic (exact) mass is 381 g/mol. The zero-order valence-corrected chi connectivity index (χ0v) is 16.7. The maximum Gasteiger partial charge on any atom is 0.373 e. The number of nitrogens with one attached hydrogen (secondary N) is 1. The van der Waals surface area contributed by atoms with E-state index in [1.54, 1.807) is 0 Å². The molecule has 1 amide bonds. The van der Waals surface area contributed by atoms with E-state index in [0.717, 1.165) is 38.4 Å². The Bertz CT molecular complexity index is 819. The number of carbonyl (C=O) groups is 1. The van der Waals surface area contributed by atoms with Crippen LogP contribution >= 0.6 is 0 Å². The van der Waals surface area contributed by atoms with E-state index < -0.39 is 0 Å². The van der Waals surface area contributed by atoms with E-state index in [-0.39, 0.29) is 12.1 Å². The van der Waals surface area contributed by atoms with E-state index in [2.05, 4.69) is 48.1 Å². The second-order valence-corrected chi connectivity index (χ2v) is 7.11. The third kappa shape index (κ3) is 6.43. The molecule has 2 aromatic rings. The van der Waals surface area contributed by atoms with Gasteiger partial charge in [0.2, 0.25) is 0 Å². The lowest BCUT2D eigenvalue weighted by Gasteiger charge is -2.32. The van der Waals surface area contributed by atoms with Crippen molar-refractivity contribution in [3.05, 3.63) is 64.7 Å². The molecule has 1 fully saturated rings. The van der Waals surface area contributed by atoms with Crippen molar-refractivity contribution in [3.63, 3.8) is 0 Å². The number of anilines is 1. The second-order valence-electron chi connectivity index (χ2n) is 7.11. The van der Waals surface area contributed by atoms with Crippen LogP contribution in [0.1, 0.15) is 27.0 Å². The smallest absolute Gasteiger partial charge is 0.322 e. The molecule has 0 aliphatic carbocycles. The average Bonchev–Trinajstić information content (AvgIpc) is 2.68. The minimum atomic E-state index is -0.0607. The van der Waals surface area contributed by atoms with Gasteiger partial charge in [-0.2, -0.15) is 9.59 Å². The molecule has 0 aromatic heterocycles. The quantitative estimate of drug-likeness (QED) is 0.882. The van der Waals surface area contributed by atoms with E-state index in [1.807, 2.05) is 30.3 Å². The Morgan fingerprint density at radius 2 is 1.57 bits per heavy atom. The number of nitrogens with zero attached hydrogens (tertiary/aromatic N) is 2. The van der Waals surface area contributed by atoms with Crippen molar-refractivity contribution in [1.82, 2.24) is 9.80 Å². The first kappa shape index (κ1) is 21.5. The molecular formula is C22H27N3O3. The van der Waals surface area contributed by atoms with Crippen molar-refractivity contribution in [2.45, 2.75) is 20.4 Å². The number of aryl methyl sites for hydroxylation is 2. The van der Waals surface area contributed by atoms with Crippen molar-refractivity contribution in [2.75, 3.05) is 38.5 Å². The van der Waals surface area contributed by atoms with Gasteiger partial charge in [-0.1, -0.05) is 18.2 Å². The molecule has 1 aliphatic rings. The summed E-state index contributed by atoms with van der Waals surface area (Å²) in [5, 5.41) is 2.98. The highest BCUT2D eigenvalue weighted by atomic mass is 16.2. The highest BCUT2D eigenvalue weighted by Crippen LogP contribution is 2.16. The fourth-order valence-electron chi connectivity index (χ4n) is 3.05. The van der Waals surface area contributed by atoms with Crippen LogP contribution in [-0.4, -0.2) is 55.1 Å². The van der Waals surface area contributed by atoms with Gasteiger partial charge >= 0.3 is 6.15 Å². The highest BCUT2D eigenvalue weighted by molar-refractivity contribution is 6.04. The molecule has 1 heterocycles. The molecule has 0 radical (unpaired) electrons. The Morgan fingerprint density at radius 1 is 0.964 bits per heavy atom. The number of carbonyl (C=O) groups excluding carboxylic acids is 3. The number of piperazine rings is 1. The van der Waals surface area contributed by atoms with Crippen molar-refractivity contribution < 1.29 is 14.4 Å². The topological polar surface area (TPSA) is 69.7 Å². The minimum Gasteiger partial charge on any atom is -0.322 e. The molecule has 1 saturated heterocycles. The van der Waals surface area contributed by atoms with Crippen LogP contribution in [0.2, 0.25) is 0 Å². The summed E-state index contributed by atoms with van der Waals surface area (Å²) in [6.45, 7) is 9.52. The molecule has 2 aromatic carbocycles. The lowest BCUT2D eigenvalue weighted by atomic mass is 10.1. The molecule has 1 aliphatic heterocycles. The summed E-state index contributed by atoms with van der Waals surface area (Å²) in [6, 6.07) is 14.0. The van der Waals surface area contributed by atoms with Crippen LogP contribution in [0.15, 0.2) is 42.5 Å². The van der Waals surface area contributed by atoms with Crippen LogP contribution in [0.25, 0.3) is 0 Å². The summed E-state index contributed by atoms with van der Waals surface area (Å²) in [4.78, 5) is 33.5. The number of hydrogen-bond acceptors (Lipinski definition) is 5. The standard InChI is InChI=1S/C21H27N3O.CO2/c1-16-4-9-20(14-17(16)2)22-21(25)19-7-5-18(6-8-19)15-24-12-10-23(3)11-13-24;2-1-3/h4-9,14H,10-13,15H2,1-3H3,(H,22,25);. The van der Waals surface area contributed by atoms with Gasteiger partial charge in [-0.15, -0.1) is 0 Å². The molecular weight excluding hydrogens is 354 g/mol. The number of likely N-dealkylation sites (N-methyl/N-ethyl adjacent to an activating group) is 1. The second kappa shape index (κ2) is 10.5. The third-order valence-electron chi connectivity index (χ3n) is 4.98. The minimum absolute atomic E-state index is 0.0607. The number of benzene rings is 2. The van der Waals surface area contributed by atoms with Gasteiger partial charge < -0.3 is 10.2 Å². The zero-order chi connectivity index (χ0) is 20.5. The lowest BCUT2D eigenvalue weighted by Crippen LogP contribution is -2.43. The molecule has 3 rings (SSSR count). The highest BCUT2D eigenvalue weighted by Gasteiger charge is 2.14. The van der Waals surface area contributed by atoms with E-state index in [9.17, 15) is 4.79 Å². The molecule has 0 unspecified atom stereocenters. The Balaban J connectivity index is 0.000000878. The predicted molar refractivity (Wildman–Crippen MR) is 108 cm³/mol. The van der Waals surface area contributed by atoms with Crippen LogP contribution in [0.3, 0.4) is 0 Å². The molecule has 6 heteroatoms. The van der Waals surface area contributed by atoms with Crippen LogP contribution < -0.4 is 5.32 Å². The SMILES string of the molecule is Cc1ccc(NC(=O)c2ccc(CN3CCN(C)CC3)cc2)cc1C.O=C=O. The molecule has 0 saturated carbocycles. The molecule has 0 atom stereocenters. The van der Waals surface area contributed by atoms with Gasteiger partial charge in [0.25, 0.3) is 5.91 Å². The number of hydrogen-bond donors (Lipinski definition) is 1. The fourth-order valence-corrected chi connectivity index (χ4v) is 3.05. The zero-order valence-electron chi connectivity index (χ0n) is 16.7. The summed E-state index contributed by atoms with van der Waals surface area (Å²) in [5.41, 5.74) is 5.20. The average molecular weight is 381 g/mol. The first-order valence-electron chi connectivity index (χ1n) is 9.30. The van der Waals surface area contributed by atoms with E-state index in [0.29, 0.717) is 5.56 Å². The van der Waals surface area contributed by atoms with Crippen molar-refractivity contribution in [3.8, 4) is 0 Å². The first-order chi connectivity index (χ1) is 13.4. The fraction of sp³-hybridized carbons (Fsp3) is 0.364. The van der Waals surface area contributed by atoms with Gasteiger partial charge in [0.05, 0.1) is 0 Å². The Hall–Kier alpha value is -2.79. The largest absolute Gasteiger partial charge is 0.373 e. The Kier molecular flexibility index (Phi) is 8.08. The number of amides is 1. The van der Waals surface area contributed by atoms with Gasteiger partial charge in [-0.3, -0.25) is 9.69 Å². The molecule has 148 valence electrons. The summed E-state index contributed by atoms with van der Waals surface area (Å²) < 4.78 is 0. The van der Waals surface area contributed by atoms with Crippen molar-refractivity contribution in [2.24, 2.45) is 0 Å². The van der Waals surface area contributed by atoms with Gasteiger partial charge in [0, 0.05) is 44.0 Å². The Morgan fingerprint density at radius 3 is 2.14 bits per heavy atom. The van der Waals surface area contributed by atoms with E-state index in [4.69, 9.17) is 9.59 Å². The summed E-state index contributed by atoms with van der Waals surface area (Å²) >= 11 is 0. The van der Waals surface area contributed by atoms with Crippen LogP contribution in [-0.2, 0) is 16.1 Å². The molecule has 6 nitrogen and oxygen atoms in total. The third-order valence-corrected chi connectivity index (χ3v) is 4.98. The Labute approximate surface area is 166 Å². The van der Waals surface area contributed by atoms with Gasteiger partial charge in [0.15, 0.2) is 0 Å². The molecule has 0 bridgehead atoms. The van der Waals surface area contributed by atoms with Gasteiger partial charge in [-0.05, 0) is 61.9 Å². The lowest BCUT2D eigenvalue weighted by molar-refractivity contribution is -0.191. The summed E-state index contributed by atoms with van der Waals surface area (Å²) in [7, 11) is 2.17. The van der Waals surface area contributed by atoms with Crippen LogP contribution in [0.5, 0.6) is 0 Å². The first-order valence-corrected chi connectivity index (χ1v) is 9.30. The molecule has 1 N–H and O–H groups in total. The maximum atomic E-state index is 12.4. The summed E-state index contributed by atoms with van der Waals surface area (Å²) in [6.07, 6.45) is 0.250. The maximum absolute atomic E-state index is 12.4. The summed E-state index contributed by atoms with van der Waals surface area (Å²) in [5.74, 6) is -0.0607. The van der Waals surface area contributed by atoms with Gasteiger partial charge in [-0.25, -0.2) is 0 Å². The van der Waals surface area contributed by atoms with Crippen LogP contribution in [0.4, 0.5) is 5.69 Å². The van der Waals surface area contributed by atoms with Crippen LogP contribution in [0, 0.1) is 13.8 Å². The number of rotatable bonds is 4. The molecule has 0 spiro atoms. The predicted octanol–water partition coefficient (Wildman–Crippen LogP) is 2.72. The van der Waals surface area contributed by atoms with Crippen molar-refractivity contribution in [1.29, 1.82) is 0 Å². The van der Waals surface area contributed by atoms with Crippen molar-refractivity contribution >= 4 is 17.7 Å². The normalized spacial score (nSPS) is 14.5. The molecule has 28 heavy (non-hydrogen) atoms. The van der Waals surface area contributed by atoms with E-state index >= 15 is 0 Å².